The Morgan fingerprint density at radius 3 is 2.77 bits per heavy atom. The Kier molecular flexibility index (Phi) is 4.99. The van der Waals surface area contributed by atoms with Crippen molar-refractivity contribution >= 4 is 28.2 Å². The largest absolute Gasteiger partial charge is 0.393 e. The predicted octanol–water partition coefficient (Wildman–Crippen LogP) is 2.92. The number of pyridine rings is 1. The zero-order valence-electron chi connectivity index (χ0n) is 17.4. The van der Waals surface area contributed by atoms with Gasteiger partial charge in [-0.3, -0.25) is 15.1 Å². The van der Waals surface area contributed by atoms with Crippen LogP contribution in [-0.4, -0.2) is 43.4 Å². The summed E-state index contributed by atoms with van der Waals surface area (Å²) in [6, 6.07) is 0.298. The standard InChI is InChI=1S/C22H29N5O3/c1-2-27-21-18(13-24-27)20(25-14-3-5-15(28)6-4-14)17(12-23-21)19-11-22(30-26-19)9-7-16(29)8-10-22/h11-15,26,28H,2-10H2,1H3,(H,23,25). The number of aromatic nitrogens is 3. The number of aliphatic hydroxyl groups is 1. The second-order valence-corrected chi connectivity index (χ2v) is 8.76. The van der Waals surface area contributed by atoms with Crippen LogP contribution in [0.1, 0.15) is 63.9 Å². The van der Waals surface area contributed by atoms with Crippen LogP contribution in [0.4, 0.5) is 5.69 Å². The number of Topliss-reactive ketones (excluding diaryl/α,β-unsaturated/α-hetero) is 1. The molecule has 30 heavy (non-hydrogen) atoms. The minimum Gasteiger partial charge on any atom is -0.393 e. The average molecular weight is 412 g/mol. The Hall–Kier alpha value is -2.45. The minimum atomic E-state index is -0.419. The number of anilines is 1. The molecule has 3 N–H and O–H groups in total. The van der Waals surface area contributed by atoms with Crippen molar-refractivity contribution in [1.29, 1.82) is 0 Å². The summed E-state index contributed by atoms with van der Waals surface area (Å²) in [6.07, 6.45) is 11.7. The van der Waals surface area contributed by atoms with Gasteiger partial charge in [0.2, 0.25) is 0 Å². The second-order valence-electron chi connectivity index (χ2n) is 8.76. The molecule has 2 fully saturated rings. The Labute approximate surface area is 175 Å². The summed E-state index contributed by atoms with van der Waals surface area (Å²) >= 11 is 0. The van der Waals surface area contributed by atoms with Gasteiger partial charge in [-0.1, -0.05) is 0 Å². The third-order valence-corrected chi connectivity index (χ3v) is 6.73. The highest BCUT2D eigenvalue weighted by molar-refractivity contribution is 5.96. The maximum absolute atomic E-state index is 11.7. The van der Waals surface area contributed by atoms with Crippen molar-refractivity contribution < 1.29 is 14.7 Å². The molecule has 8 nitrogen and oxygen atoms in total. The van der Waals surface area contributed by atoms with Gasteiger partial charge in [-0.15, -0.1) is 0 Å². The van der Waals surface area contributed by atoms with E-state index in [4.69, 9.17) is 9.82 Å². The highest BCUT2D eigenvalue weighted by Gasteiger charge is 2.39. The topological polar surface area (TPSA) is 101 Å². The summed E-state index contributed by atoms with van der Waals surface area (Å²) in [5.74, 6) is 0.308. The smallest absolute Gasteiger partial charge is 0.159 e. The fourth-order valence-electron chi connectivity index (χ4n) is 4.85. The monoisotopic (exact) mass is 411 g/mol. The number of hydroxylamine groups is 1. The van der Waals surface area contributed by atoms with Crippen LogP contribution in [0.25, 0.3) is 16.7 Å². The molecule has 0 saturated heterocycles. The molecule has 3 aliphatic rings. The third kappa shape index (κ3) is 3.48. The maximum Gasteiger partial charge on any atom is 0.159 e. The molecular formula is C22H29N5O3. The summed E-state index contributed by atoms with van der Waals surface area (Å²) < 4.78 is 1.90. The summed E-state index contributed by atoms with van der Waals surface area (Å²) in [5.41, 5.74) is 6.41. The van der Waals surface area contributed by atoms with Crippen LogP contribution in [0.5, 0.6) is 0 Å². The number of ketones is 1. The van der Waals surface area contributed by atoms with Gasteiger partial charge in [-0.05, 0) is 51.5 Å². The normalized spacial score (nSPS) is 26.1. The van der Waals surface area contributed by atoms with Gasteiger partial charge in [0.15, 0.2) is 5.65 Å². The zero-order chi connectivity index (χ0) is 20.7. The van der Waals surface area contributed by atoms with Crippen LogP contribution in [0.15, 0.2) is 18.5 Å². The van der Waals surface area contributed by atoms with E-state index in [1.165, 1.54) is 0 Å². The van der Waals surface area contributed by atoms with Gasteiger partial charge in [0.05, 0.1) is 29.1 Å². The average Bonchev–Trinajstić information content (AvgIpc) is 3.37. The Morgan fingerprint density at radius 1 is 1.27 bits per heavy atom. The van der Waals surface area contributed by atoms with Crippen molar-refractivity contribution in [2.24, 2.45) is 0 Å². The van der Waals surface area contributed by atoms with Crippen molar-refractivity contribution in [2.45, 2.75) is 82.6 Å². The lowest BCUT2D eigenvalue weighted by atomic mass is 9.83. The Bertz CT molecular complexity index is 980. The van der Waals surface area contributed by atoms with Gasteiger partial charge >= 0.3 is 0 Å². The van der Waals surface area contributed by atoms with Crippen molar-refractivity contribution in [2.75, 3.05) is 5.32 Å². The first-order valence-electron chi connectivity index (χ1n) is 11.0. The van der Waals surface area contributed by atoms with E-state index >= 15 is 0 Å². The summed E-state index contributed by atoms with van der Waals surface area (Å²) in [6.45, 7) is 2.81. The van der Waals surface area contributed by atoms with Gasteiger partial charge in [-0.2, -0.15) is 5.10 Å². The number of nitrogens with one attached hydrogen (secondary N) is 2. The van der Waals surface area contributed by atoms with E-state index in [0.29, 0.717) is 37.5 Å². The third-order valence-electron chi connectivity index (χ3n) is 6.73. The molecule has 8 heteroatoms. The summed E-state index contributed by atoms with van der Waals surface area (Å²) in [7, 11) is 0. The van der Waals surface area contributed by atoms with Crippen molar-refractivity contribution in [3.8, 4) is 0 Å². The van der Waals surface area contributed by atoms with Crippen molar-refractivity contribution in [1.82, 2.24) is 20.2 Å². The molecule has 1 aliphatic heterocycles. The Balaban J connectivity index is 1.52. The van der Waals surface area contributed by atoms with Crippen molar-refractivity contribution in [3.05, 3.63) is 24.0 Å². The molecule has 2 saturated carbocycles. The summed E-state index contributed by atoms with van der Waals surface area (Å²) in [4.78, 5) is 22.4. The highest BCUT2D eigenvalue weighted by atomic mass is 16.7. The van der Waals surface area contributed by atoms with Crippen LogP contribution in [0.2, 0.25) is 0 Å². The SMILES string of the molecule is CCn1ncc2c(NC3CCC(O)CC3)c(C3=CC4(CCC(=O)CC4)ON3)cnc21. The molecule has 0 radical (unpaired) electrons. The molecule has 2 aromatic heterocycles. The van der Waals surface area contributed by atoms with E-state index in [0.717, 1.165) is 60.2 Å². The van der Waals surface area contributed by atoms with E-state index in [2.05, 4.69) is 28.9 Å². The fraction of sp³-hybridized carbons (Fsp3) is 0.591. The van der Waals surface area contributed by atoms with Crippen molar-refractivity contribution in [3.63, 3.8) is 0 Å². The van der Waals surface area contributed by atoms with E-state index in [-0.39, 0.29) is 6.10 Å². The molecule has 2 aliphatic carbocycles. The molecule has 0 amide bonds. The molecule has 0 aromatic carbocycles. The lowest BCUT2D eigenvalue weighted by Crippen LogP contribution is -2.34. The van der Waals surface area contributed by atoms with Crippen LogP contribution in [-0.2, 0) is 16.2 Å². The molecule has 5 rings (SSSR count). The lowest BCUT2D eigenvalue weighted by molar-refractivity contribution is -0.127. The van der Waals surface area contributed by atoms with Gasteiger partial charge in [-0.25, -0.2) is 9.67 Å². The first-order chi connectivity index (χ1) is 14.6. The minimum absolute atomic E-state index is 0.190. The molecule has 1 spiro atoms. The second kappa shape index (κ2) is 7.67. The fourth-order valence-corrected chi connectivity index (χ4v) is 4.85. The Morgan fingerprint density at radius 2 is 2.03 bits per heavy atom. The number of hydrogen-bond acceptors (Lipinski definition) is 7. The first kappa shape index (κ1) is 19.5. The van der Waals surface area contributed by atoms with E-state index in [9.17, 15) is 9.90 Å². The van der Waals surface area contributed by atoms with Gasteiger partial charge in [0, 0.05) is 37.2 Å². The van der Waals surface area contributed by atoms with Gasteiger partial charge in [0.25, 0.3) is 0 Å². The molecule has 2 aromatic rings. The van der Waals surface area contributed by atoms with E-state index < -0.39 is 5.60 Å². The number of rotatable bonds is 4. The number of carbonyl (C=O) groups excluding carboxylic acids is 1. The van der Waals surface area contributed by atoms with Crippen LogP contribution in [0, 0.1) is 0 Å². The molecule has 0 bridgehead atoms. The first-order valence-corrected chi connectivity index (χ1v) is 11.0. The molecule has 0 atom stereocenters. The van der Waals surface area contributed by atoms with Crippen LogP contribution >= 0.6 is 0 Å². The highest BCUT2D eigenvalue weighted by Crippen LogP contribution is 2.40. The number of nitrogens with zero attached hydrogens (tertiary/aromatic N) is 3. The number of hydrogen-bond donors (Lipinski definition) is 3. The van der Waals surface area contributed by atoms with Gasteiger partial charge < -0.3 is 10.4 Å². The number of aliphatic hydroxyl groups excluding tert-OH is 1. The molecule has 3 heterocycles. The van der Waals surface area contributed by atoms with Crippen LogP contribution in [0.3, 0.4) is 0 Å². The number of carbonyl (C=O) groups is 1. The number of aryl methyl sites for hydroxylation is 1. The lowest BCUT2D eigenvalue weighted by Gasteiger charge is -2.28. The zero-order valence-corrected chi connectivity index (χ0v) is 17.4. The quantitative estimate of drug-likeness (QED) is 0.711. The van der Waals surface area contributed by atoms with E-state index in [1.54, 1.807) is 0 Å². The predicted molar refractivity (Wildman–Crippen MR) is 113 cm³/mol. The van der Waals surface area contributed by atoms with Gasteiger partial charge in [0.1, 0.15) is 11.4 Å². The molecule has 160 valence electrons. The van der Waals surface area contributed by atoms with E-state index in [1.807, 2.05) is 17.1 Å². The summed E-state index contributed by atoms with van der Waals surface area (Å²) in [5, 5.41) is 19.1. The molecule has 0 unspecified atom stereocenters. The molecular weight excluding hydrogens is 382 g/mol. The maximum atomic E-state index is 11.7. The number of fused-ring (bicyclic) bond motifs is 1. The van der Waals surface area contributed by atoms with Crippen LogP contribution < -0.4 is 10.8 Å².